The Labute approximate surface area is 88.1 Å². The summed E-state index contributed by atoms with van der Waals surface area (Å²) in [6, 6.07) is 9.27. The zero-order chi connectivity index (χ0) is 11.3. The Balaban J connectivity index is 2.88. The topological polar surface area (TPSA) is 37.3 Å². The molecule has 1 aromatic carbocycles. The van der Waals surface area contributed by atoms with E-state index in [9.17, 15) is 9.18 Å². The molecule has 0 aliphatic heterocycles. The molecule has 1 aromatic rings. The molecule has 0 amide bonds. The Morgan fingerprint density at radius 3 is 2.40 bits per heavy atom. The molecule has 0 aliphatic rings. The van der Waals surface area contributed by atoms with E-state index >= 15 is 0 Å². The van der Waals surface area contributed by atoms with Gasteiger partial charge in [0.1, 0.15) is 0 Å². The summed E-state index contributed by atoms with van der Waals surface area (Å²) in [7, 11) is 0. The molecule has 80 valence electrons. The van der Waals surface area contributed by atoms with Crippen LogP contribution in [0.4, 0.5) is 4.39 Å². The highest BCUT2D eigenvalue weighted by Crippen LogP contribution is 2.16. The summed E-state index contributed by atoms with van der Waals surface area (Å²) >= 11 is 0. The third-order valence-electron chi connectivity index (χ3n) is 2.19. The van der Waals surface area contributed by atoms with Gasteiger partial charge in [0, 0.05) is 0 Å². The smallest absolute Gasteiger partial charge is 0.364 e. The van der Waals surface area contributed by atoms with Crippen LogP contribution in [-0.2, 0) is 11.2 Å². The van der Waals surface area contributed by atoms with Gasteiger partial charge in [0.05, 0.1) is 0 Å². The third kappa shape index (κ3) is 3.20. The zero-order valence-corrected chi connectivity index (χ0v) is 8.53. The molecule has 0 aromatic heterocycles. The minimum atomic E-state index is -1.48. The Kier molecular flexibility index (Phi) is 4.03. The minimum Gasteiger partial charge on any atom is -0.476 e. The molecule has 2 nitrogen and oxygen atoms in total. The lowest BCUT2D eigenvalue weighted by atomic mass is 10.0. The lowest BCUT2D eigenvalue weighted by Crippen LogP contribution is -2.02. The average Bonchev–Trinajstić information content (AvgIpc) is 2.26. The van der Waals surface area contributed by atoms with Gasteiger partial charge in [-0.25, -0.2) is 4.79 Å². The summed E-state index contributed by atoms with van der Waals surface area (Å²) in [4.78, 5) is 10.5. The summed E-state index contributed by atoms with van der Waals surface area (Å²) in [5, 5.41) is 8.53. The lowest BCUT2D eigenvalue weighted by molar-refractivity contribution is -0.134. The fourth-order valence-corrected chi connectivity index (χ4v) is 1.35. The predicted molar refractivity (Wildman–Crippen MR) is 56.2 cm³/mol. The van der Waals surface area contributed by atoms with Crippen LogP contribution in [0, 0.1) is 0 Å². The molecule has 15 heavy (non-hydrogen) atoms. The minimum absolute atomic E-state index is 0.328. The number of halogens is 1. The van der Waals surface area contributed by atoms with E-state index in [1.165, 1.54) is 0 Å². The number of allylic oxidation sites excluding steroid dienone is 1. The van der Waals surface area contributed by atoms with Crippen LogP contribution in [0.1, 0.15) is 18.9 Å². The maximum absolute atomic E-state index is 13.2. The van der Waals surface area contributed by atoms with Crippen molar-refractivity contribution < 1.29 is 14.3 Å². The number of carbonyl (C=O) groups is 1. The fourth-order valence-electron chi connectivity index (χ4n) is 1.35. The van der Waals surface area contributed by atoms with Crippen molar-refractivity contribution >= 4 is 5.97 Å². The largest absolute Gasteiger partial charge is 0.476 e. The van der Waals surface area contributed by atoms with Crippen molar-refractivity contribution in [1.82, 2.24) is 0 Å². The quantitative estimate of drug-likeness (QED) is 0.772. The van der Waals surface area contributed by atoms with E-state index in [1.807, 2.05) is 30.3 Å². The number of carboxylic acid groups (broad SMARTS) is 1. The van der Waals surface area contributed by atoms with Gasteiger partial charge in [0.25, 0.3) is 0 Å². The molecule has 0 bridgehead atoms. The standard InChI is InChI=1S/C12H13FO2/c1-2-10(11(13)12(14)15)8-9-6-4-3-5-7-9/h3-7H,2,8H2,1H3,(H,14,15)/b11-10-. The number of aliphatic carboxylic acids is 1. The van der Waals surface area contributed by atoms with Crippen LogP contribution in [0.15, 0.2) is 41.7 Å². The summed E-state index contributed by atoms with van der Waals surface area (Å²) < 4.78 is 13.2. The number of benzene rings is 1. The molecule has 0 atom stereocenters. The van der Waals surface area contributed by atoms with E-state index in [0.717, 1.165) is 5.56 Å². The summed E-state index contributed by atoms with van der Waals surface area (Å²) in [5.41, 5.74) is 1.25. The van der Waals surface area contributed by atoms with Crippen molar-refractivity contribution in [2.45, 2.75) is 19.8 Å². The van der Waals surface area contributed by atoms with Gasteiger partial charge in [0.15, 0.2) is 0 Å². The van der Waals surface area contributed by atoms with E-state index in [0.29, 0.717) is 18.4 Å². The van der Waals surface area contributed by atoms with Gasteiger partial charge in [-0.1, -0.05) is 37.3 Å². The van der Waals surface area contributed by atoms with Gasteiger partial charge < -0.3 is 5.11 Å². The third-order valence-corrected chi connectivity index (χ3v) is 2.19. The van der Waals surface area contributed by atoms with Crippen molar-refractivity contribution in [1.29, 1.82) is 0 Å². The lowest BCUT2D eigenvalue weighted by Gasteiger charge is -2.04. The highest BCUT2D eigenvalue weighted by atomic mass is 19.1. The summed E-state index contributed by atoms with van der Waals surface area (Å²) in [5.74, 6) is -2.51. The first-order valence-electron chi connectivity index (χ1n) is 4.80. The number of hydrogen-bond acceptors (Lipinski definition) is 1. The molecule has 0 heterocycles. The van der Waals surface area contributed by atoms with Crippen LogP contribution in [0.5, 0.6) is 0 Å². The molecule has 0 aliphatic carbocycles. The molecule has 0 spiro atoms. The van der Waals surface area contributed by atoms with E-state index in [2.05, 4.69) is 0 Å². The Bertz CT molecular complexity index is 368. The molecular formula is C12H13FO2. The van der Waals surface area contributed by atoms with Gasteiger partial charge in [-0.05, 0) is 24.0 Å². The van der Waals surface area contributed by atoms with Crippen molar-refractivity contribution in [3.05, 3.63) is 47.3 Å². The maximum Gasteiger partial charge on any atom is 0.364 e. The first-order valence-corrected chi connectivity index (χ1v) is 4.80. The van der Waals surface area contributed by atoms with E-state index in [-0.39, 0.29) is 0 Å². The van der Waals surface area contributed by atoms with Crippen LogP contribution in [0.25, 0.3) is 0 Å². The Hall–Kier alpha value is -1.64. The van der Waals surface area contributed by atoms with Gasteiger partial charge in [-0.2, -0.15) is 4.39 Å². The maximum atomic E-state index is 13.2. The van der Waals surface area contributed by atoms with Gasteiger partial charge in [-0.15, -0.1) is 0 Å². The second-order valence-corrected chi connectivity index (χ2v) is 3.24. The first-order chi connectivity index (χ1) is 7.15. The average molecular weight is 208 g/mol. The number of hydrogen-bond donors (Lipinski definition) is 1. The van der Waals surface area contributed by atoms with Crippen molar-refractivity contribution in [3.8, 4) is 0 Å². The monoisotopic (exact) mass is 208 g/mol. The fraction of sp³-hybridized carbons (Fsp3) is 0.250. The zero-order valence-electron chi connectivity index (χ0n) is 8.53. The molecule has 0 saturated heterocycles. The van der Waals surface area contributed by atoms with Crippen LogP contribution < -0.4 is 0 Å². The van der Waals surface area contributed by atoms with Gasteiger partial charge in [0.2, 0.25) is 5.83 Å². The number of rotatable bonds is 4. The first kappa shape index (κ1) is 11.4. The highest BCUT2D eigenvalue weighted by Gasteiger charge is 2.12. The Morgan fingerprint density at radius 1 is 1.33 bits per heavy atom. The predicted octanol–water partition coefficient (Wildman–Crippen LogP) is 2.95. The van der Waals surface area contributed by atoms with Crippen molar-refractivity contribution in [3.63, 3.8) is 0 Å². The molecule has 0 fully saturated rings. The van der Waals surface area contributed by atoms with Crippen molar-refractivity contribution in [2.24, 2.45) is 0 Å². The second kappa shape index (κ2) is 5.29. The van der Waals surface area contributed by atoms with Crippen LogP contribution >= 0.6 is 0 Å². The van der Waals surface area contributed by atoms with E-state index in [1.54, 1.807) is 6.92 Å². The molecule has 0 unspecified atom stereocenters. The second-order valence-electron chi connectivity index (χ2n) is 3.24. The van der Waals surface area contributed by atoms with Crippen molar-refractivity contribution in [2.75, 3.05) is 0 Å². The molecule has 0 saturated carbocycles. The highest BCUT2D eigenvalue weighted by molar-refractivity contribution is 5.84. The summed E-state index contributed by atoms with van der Waals surface area (Å²) in [6.07, 6.45) is 0.766. The molecule has 1 N–H and O–H groups in total. The molecule has 1 rings (SSSR count). The van der Waals surface area contributed by atoms with Gasteiger partial charge >= 0.3 is 5.97 Å². The van der Waals surface area contributed by atoms with E-state index in [4.69, 9.17) is 5.11 Å². The molecule has 3 heteroatoms. The molecular weight excluding hydrogens is 195 g/mol. The summed E-state index contributed by atoms with van der Waals surface area (Å²) in [6.45, 7) is 1.75. The Morgan fingerprint density at radius 2 is 1.93 bits per heavy atom. The van der Waals surface area contributed by atoms with Crippen LogP contribution in [-0.4, -0.2) is 11.1 Å². The molecule has 0 radical (unpaired) electrons. The van der Waals surface area contributed by atoms with Gasteiger partial charge in [-0.3, -0.25) is 0 Å². The van der Waals surface area contributed by atoms with Crippen LogP contribution in [0.3, 0.4) is 0 Å². The number of carboxylic acids is 1. The SMILES string of the molecule is CC/C(Cc1ccccc1)=C(/F)C(=O)O. The van der Waals surface area contributed by atoms with E-state index < -0.39 is 11.8 Å². The van der Waals surface area contributed by atoms with Crippen LogP contribution in [0.2, 0.25) is 0 Å². The normalized spacial score (nSPS) is 12.1.